The Kier molecular flexibility index (Phi) is 6.49. The van der Waals surface area contributed by atoms with E-state index in [1.165, 1.54) is 0 Å². The standard InChI is InChI=1S/C26H28ClN7O/c1-3-34-24-17(13-30-26(33-24)32-19-7-5-18(28)6-8-19)10-21(25(34)35)20-9-4-16(11-22(20)27)23-14-29-12-15(2)31-23/h4,9-14,18-19H,3,5-8,28H2,1-2H3,(H,30,32,33)/t18-,19+. The Bertz CT molecular complexity index is 1440. The molecule has 3 N–H and O–H groups in total. The number of nitrogens with one attached hydrogen (secondary N) is 1. The van der Waals surface area contributed by atoms with Crippen molar-refractivity contribution in [3.63, 3.8) is 0 Å². The smallest absolute Gasteiger partial charge is 0.260 e. The summed E-state index contributed by atoms with van der Waals surface area (Å²) in [6.07, 6.45) is 9.13. The summed E-state index contributed by atoms with van der Waals surface area (Å²) in [7, 11) is 0. The molecule has 0 amide bonds. The average Bonchev–Trinajstić information content (AvgIpc) is 2.85. The zero-order valence-corrected chi connectivity index (χ0v) is 20.6. The third-order valence-corrected chi connectivity index (χ3v) is 6.87. The minimum Gasteiger partial charge on any atom is -0.351 e. The van der Waals surface area contributed by atoms with Gasteiger partial charge in [0.1, 0.15) is 5.65 Å². The summed E-state index contributed by atoms with van der Waals surface area (Å²) in [5, 5.41) is 4.67. The molecule has 0 spiro atoms. The predicted molar refractivity (Wildman–Crippen MR) is 140 cm³/mol. The molecule has 3 heterocycles. The van der Waals surface area contributed by atoms with Gasteiger partial charge in [0.2, 0.25) is 5.95 Å². The van der Waals surface area contributed by atoms with Gasteiger partial charge in [0.15, 0.2) is 0 Å². The molecule has 1 aliphatic carbocycles. The first-order chi connectivity index (χ1) is 16.9. The van der Waals surface area contributed by atoms with Crippen LogP contribution in [0.4, 0.5) is 5.95 Å². The van der Waals surface area contributed by atoms with E-state index < -0.39 is 0 Å². The summed E-state index contributed by atoms with van der Waals surface area (Å²) in [4.78, 5) is 31.4. The van der Waals surface area contributed by atoms with Crippen LogP contribution in [0.5, 0.6) is 0 Å². The molecule has 0 bridgehead atoms. The lowest BCUT2D eigenvalue weighted by atomic mass is 9.92. The highest BCUT2D eigenvalue weighted by atomic mass is 35.5. The molecule has 1 aliphatic rings. The molecule has 5 rings (SSSR count). The van der Waals surface area contributed by atoms with Gasteiger partial charge in [-0.05, 0) is 51.7 Å². The van der Waals surface area contributed by atoms with Gasteiger partial charge < -0.3 is 11.1 Å². The van der Waals surface area contributed by atoms with E-state index >= 15 is 0 Å². The Morgan fingerprint density at radius 1 is 1.09 bits per heavy atom. The molecule has 0 saturated heterocycles. The second kappa shape index (κ2) is 9.71. The SMILES string of the molecule is CCn1c(=O)c(-c2ccc(-c3cncc(C)n3)cc2Cl)cc2cnc(N[C@H]3CC[C@@H](N)CC3)nc21. The van der Waals surface area contributed by atoms with Crippen molar-refractivity contribution in [1.29, 1.82) is 0 Å². The summed E-state index contributed by atoms with van der Waals surface area (Å²) in [6, 6.07) is 7.98. The van der Waals surface area contributed by atoms with E-state index in [1.54, 1.807) is 23.2 Å². The number of halogens is 1. The molecule has 8 nitrogen and oxygen atoms in total. The lowest BCUT2D eigenvalue weighted by Gasteiger charge is -2.26. The molecular weight excluding hydrogens is 462 g/mol. The highest BCUT2D eigenvalue weighted by Crippen LogP contribution is 2.31. The number of nitrogens with zero attached hydrogens (tertiary/aromatic N) is 5. The molecule has 3 aromatic heterocycles. The number of benzene rings is 1. The average molecular weight is 490 g/mol. The lowest BCUT2D eigenvalue weighted by Crippen LogP contribution is -2.33. The minimum atomic E-state index is -0.140. The van der Waals surface area contributed by atoms with Crippen molar-refractivity contribution >= 4 is 28.6 Å². The first-order valence-electron chi connectivity index (χ1n) is 11.9. The molecule has 180 valence electrons. The Balaban J connectivity index is 1.51. The Morgan fingerprint density at radius 2 is 1.89 bits per heavy atom. The molecule has 4 aromatic rings. The van der Waals surface area contributed by atoms with Crippen molar-refractivity contribution in [3.8, 4) is 22.4 Å². The topological polar surface area (TPSA) is 112 Å². The number of hydrogen-bond donors (Lipinski definition) is 2. The third-order valence-electron chi connectivity index (χ3n) is 6.56. The fraction of sp³-hybridized carbons (Fsp3) is 0.346. The van der Waals surface area contributed by atoms with E-state index in [0.717, 1.165) is 48.0 Å². The van der Waals surface area contributed by atoms with Gasteiger partial charge in [-0.3, -0.25) is 14.3 Å². The van der Waals surface area contributed by atoms with Crippen molar-refractivity contribution in [3.05, 3.63) is 63.9 Å². The zero-order valence-electron chi connectivity index (χ0n) is 19.8. The number of aromatic nitrogens is 5. The predicted octanol–water partition coefficient (Wildman–Crippen LogP) is 4.58. The van der Waals surface area contributed by atoms with E-state index in [0.29, 0.717) is 40.3 Å². The maximum absolute atomic E-state index is 13.5. The monoisotopic (exact) mass is 489 g/mol. The fourth-order valence-corrected chi connectivity index (χ4v) is 4.94. The lowest BCUT2D eigenvalue weighted by molar-refractivity contribution is 0.410. The molecule has 1 fully saturated rings. The zero-order chi connectivity index (χ0) is 24.5. The number of pyridine rings is 1. The summed E-state index contributed by atoms with van der Waals surface area (Å²) in [5.74, 6) is 0.536. The van der Waals surface area contributed by atoms with Gasteiger partial charge in [0, 0.05) is 58.1 Å². The van der Waals surface area contributed by atoms with Gasteiger partial charge >= 0.3 is 0 Å². The second-order valence-corrected chi connectivity index (χ2v) is 9.48. The van der Waals surface area contributed by atoms with E-state index in [1.807, 2.05) is 38.1 Å². The van der Waals surface area contributed by atoms with Crippen LogP contribution in [-0.2, 0) is 6.54 Å². The van der Waals surface area contributed by atoms with E-state index in [-0.39, 0.29) is 11.6 Å². The van der Waals surface area contributed by atoms with Gasteiger partial charge in [-0.1, -0.05) is 23.7 Å². The number of anilines is 1. The van der Waals surface area contributed by atoms with Crippen molar-refractivity contribution in [1.82, 2.24) is 24.5 Å². The summed E-state index contributed by atoms with van der Waals surface area (Å²) < 4.78 is 1.67. The van der Waals surface area contributed by atoms with Crippen LogP contribution >= 0.6 is 11.6 Å². The normalized spacial score (nSPS) is 18.1. The van der Waals surface area contributed by atoms with Gasteiger partial charge in [-0.15, -0.1) is 0 Å². The van der Waals surface area contributed by atoms with E-state index in [2.05, 4.69) is 20.3 Å². The number of hydrogen-bond acceptors (Lipinski definition) is 7. The summed E-state index contributed by atoms with van der Waals surface area (Å²) in [5.41, 5.74) is 10.1. The second-order valence-electron chi connectivity index (χ2n) is 9.08. The molecule has 0 aliphatic heterocycles. The number of aryl methyl sites for hydroxylation is 2. The molecule has 0 unspecified atom stereocenters. The highest BCUT2D eigenvalue weighted by Gasteiger charge is 2.20. The van der Waals surface area contributed by atoms with Crippen LogP contribution in [0.2, 0.25) is 5.02 Å². The molecule has 35 heavy (non-hydrogen) atoms. The Morgan fingerprint density at radius 3 is 2.60 bits per heavy atom. The van der Waals surface area contributed by atoms with Gasteiger partial charge in [0.25, 0.3) is 5.56 Å². The fourth-order valence-electron chi connectivity index (χ4n) is 4.66. The van der Waals surface area contributed by atoms with Crippen LogP contribution in [-0.4, -0.2) is 36.6 Å². The molecule has 1 aromatic carbocycles. The highest BCUT2D eigenvalue weighted by molar-refractivity contribution is 6.33. The third kappa shape index (κ3) is 4.76. The van der Waals surface area contributed by atoms with Crippen LogP contribution in [0.3, 0.4) is 0 Å². The van der Waals surface area contributed by atoms with Crippen LogP contribution in [0, 0.1) is 6.92 Å². The number of nitrogens with two attached hydrogens (primary N) is 1. The number of rotatable bonds is 5. The molecular formula is C26H28ClN7O. The Labute approximate surface area is 208 Å². The first kappa shape index (κ1) is 23.4. The van der Waals surface area contributed by atoms with Gasteiger partial charge in [0.05, 0.1) is 17.6 Å². The summed E-state index contributed by atoms with van der Waals surface area (Å²) in [6.45, 7) is 4.30. The first-order valence-corrected chi connectivity index (χ1v) is 12.3. The molecule has 9 heteroatoms. The van der Waals surface area contributed by atoms with Crippen molar-refractivity contribution in [2.45, 2.75) is 58.2 Å². The summed E-state index contributed by atoms with van der Waals surface area (Å²) >= 11 is 6.67. The maximum atomic E-state index is 13.5. The van der Waals surface area contributed by atoms with Crippen molar-refractivity contribution in [2.75, 3.05) is 5.32 Å². The van der Waals surface area contributed by atoms with E-state index in [9.17, 15) is 4.79 Å². The number of fused-ring (bicyclic) bond motifs is 1. The molecule has 0 atom stereocenters. The maximum Gasteiger partial charge on any atom is 0.260 e. The van der Waals surface area contributed by atoms with Crippen LogP contribution in [0.1, 0.15) is 38.3 Å². The van der Waals surface area contributed by atoms with E-state index in [4.69, 9.17) is 22.3 Å². The van der Waals surface area contributed by atoms with Crippen molar-refractivity contribution in [2.24, 2.45) is 5.73 Å². The van der Waals surface area contributed by atoms with Gasteiger partial charge in [-0.25, -0.2) is 9.97 Å². The molecule has 0 radical (unpaired) electrons. The quantitative estimate of drug-likeness (QED) is 0.422. The van der Waals surface area contributed by atoms with Crippen LogP contribution in [0.25, 0.3) is 33.4 Å². The largest absolute Gasteiger partial charge is 0.351 e. The minimum absolute atomic E-state index is 0.140. The van der Waals surface area contributed by atoms with Gasteiger partial charge in [-0.2, -0.15) is 4.98 Å². The Hall–Kier alpha value is -3.36. The van der Waals surface area contributed by atoms with Crippen LogP contribution < -0.4 is 16.6 Å². The van der Waals surface area contributed by atoms with Crippen LogP contribution in [0.15, 0.2) is 47.7 Å². The van der Waals surface area contributed by atoms with Crippen molar-refractivity contribution < 1.29 is 0 Å². The molecule has 1 saturated carbocycles.